The molecule has 1 aromatic rings. The summed E-state index contributed by atoms with van der Waals surface area (Å²) < 4.78 is 0.836. The second-order valence-electron chi connectivity index (χ2n) is 3.90. The van der Waals surface area contributed by atoms with Crippen LogP contribution in [0, 0.1) is 0 Å². The van der Waals surface area contributed by atoms with Crippen LogP contribution >= 0.6 is 27.5 Å². The van der Waals surface area contributed by atoms with Crippen LogP contribution in [0.2, 0.25) is 5.02 Å². The molecule has 0 spiro atoms. The number of carbonyl (C=O) groups excluding carboxylic acids is 1. The van der Waals surface area contributed by atoms with E-state index in [1.807, 2.05) is 26.0 Å². The molecule has 80 valence electrons. The molecule has 1 aromatic carbocycles. The lowest BCUT2D eigenvalue weighted by Crippen LogP contribution is -2.33. The lowest BCUT2D eigenvalue weighted by Gasteiger charge is -2.23. The highest BCUT2D eigenvalue weighted by Crippen LogP contribution is 2.41. The number of amides is 1. The van der Waals surface area contributed by atoms with Gasteiger partial charge in [0.15, 0.2) is 0 Å². The van der Waals surface area contributed by atoms with Crippen LogP contribution in [0.25, 0.3) is 0 Å². The zero-order chi connectivity index (χ0) is 11.2. The van der Waals surface area contributed by atoms with E-state index in [1.165, 1.54) is 0 Å². The van der Waals surface area contributed by atoms with Gasteiger partial charge in [0, 0.05) is 10.5 Å². The summed E-state index contributed by atoms with van der Waals surface area (Å²) in [4.78, 5) is 13.6. The van der Waals surface area contributed by atoms with Gasteiger partial charge >= 0.3 is 0 Å². The Kier molecular flexibility index (Phi) is 2.77. The first-order valence-electron chi connectivity index (χ1n) is 4.81. The third-order valence-electron chi connectivity index (χ3n) is 2.52. The van der Waals surface area contributed by atoms with Crippen molar-refractivity contribution in [1.29, 1.82) is 0 Å². The average molecular weight is 289 g/mol. The lowest BCUT2D eigenvalue weighted by molar-refractivity contribution is -0.117. The van der Waals surface area contributed by atoms with Crippen molar-refractivity contribution < 1.29 is 4.79 Å². The first-order valence-corrected chi connectivity index (χ1v) is 5.98. The van der Waals surface area contributed by atoms with Crippen LogP contribution in [0.4, 0.5) is 5.69 Å². The van der Waals surface area contributed by atoms with Crippen LogP contribution in [-0.4, -0.2) is 11.9 Å². The van der Waals surface area contributed by atoms with Crippen LogP contribution in [0.3, 0.4) is 0 Å². The van der Waals surface area contributed by atoms with Crippen molar-refractivity contribution in [1.82, 2.24) is 0 Å². The minimum absolute atomic E-state index is 0.125. The van der Waals surface area contributed by atoms with Gasteiger partial charge in [0.1, 0.15) is 0 Å². The molecule has 1 amide bonds. The Bertz CT molecular complexity index is 431. The Balaban J connectivity index is 2.60. The van der Waals surface area contributed by atoms with Crippen LogP contribution < -0.4 is 4.90 Å². The molecule has 0 saturated heterocycles. The molecule has 2 nitrogen and oxygen atoms in total. The smallest absolute Gasteiger partial charge is 0.231 e. The second kappa shape index (κ2) is 3.80. The number of anilines is 1. The predicted octanol–water partition coefficient (Wildman–Crippen LogP) is 3.40. The fraction of sp³-hybridized carbons (Fsp3) is 0.364. The maximum atomic E-state index is 11.8. The summed E-state index contributed by atoms with van der Waals surface area (Å²) >= 11 is 9.58. The minimum atomic E-state index is 0.125. The summed E-state index contributed by atoms with van der Waals surface area (Å²) in [6.07, 6.45) is 0.459. The molecular formula is C11H11BrClNO. The van der Waals surface area contributed by atoms with Gasteiger partial charge < -0.3 is 4.90 Å². The normalized spacial score (nSPS) is 15.0. The number of nitrogens with zero attached hydrogens (tertiary/aromatic N) is 1. The SMILES string of the molecule is CC(C)N1C(=O)Cc2ccc(Br)c(Cl)c21. The number of hydrogen-bond acceptors (Lipinski definition) is 1. The Morgan fingerprint density at radius 2 is 2.13 bits per heavy atom. The van der Waals surface area contributed by atoms with Crippen molar-refractivity contribution in [3.63, 3.8) is 0 Å². The Morgan fingerprint density at radius 3 is 2.73 bits per heavy atom. The van der Waals surface area contributed by atoms with E-state index in [2.05, 4.69) is 15.9 Å². The molecule has 0 saturated carbocycles. The van der Waals surface area contributed by atoms with E-state index in [9.17, 15) is 4.79 Å². The highest BCUT2D eigenvalue weighted by molar-refractivity contribution is 9.10. The van der Waals surface area contributed by atoms with Crippen molar-refractivity contribution in [3.05, 3.63) is 27.2 Å². The number of carbonyl (C=O) groups is 1. The van der Waals surface area contributed by atoms with Gasteiger partial charge in [-0.05, 0) is 41.4 Å². The number of rotatable bonds is 1. The quantitative estimate of drug-likeness (QED) is 0.775. The number of hydrogen-bond donors (Lipinski definition) is 0. The Morgan fingerprint density at radius 1 is 1.47 bits per heavy atom. The third kappa shape index (κ3) is 1.68. The van der Waals surface area contributed by atoms with Crippen molar-refractivity contribution >= 4 is 39.1 Å². The highest BCUT2D eigenvalue weighted by Gasteiger charge is 2.31. The number of benzene rings is 1. The molecule has 0 unspecified atom stereocenters. The van der Waals surface area contributed by atoms with E-state index < -0.39 is 0 Å². The molecule has 0 fully saturated rings. The molecule has 0 aliphatic carbocycles. The second-order valence-corrected chi connectivity index (χ2v) is 5.14. The first-order chi connectivity index (χ1) is 7.02. The summed E-state index contributed by atoms with van der Waals surface area (Å²) in [5.74, 6) is 0.125. The zero-order valence-corrected chi connectivity index (χ0v) is 10.9. The molecule has 4 heteroatoms. The van der Waals surface area contributed by atoms with Crippen LogP contribution in [0.5, 0.6) is 0 Å². The highest BCUT2D eigenvalue weighted by atomic mass is 79.9. The zero-order valence-electron chi connectivity index (χ0n) is 8.55. The fourth-order valence-electron chi connectivity index (χ4n) is 1.90. The van der Waals surface area contributed by atoms with Crippen molar-refractivity contribution in [3.8, 4) is 0 Å². The van der Waals surface area contributed by atoms with Crippen molar-refractivity contribution in [2.75, 3.05) is 4.90 Å². The molecule has 0 atom stereocenters. The van der Waals surface area contributed by atoms with Gasteiger partial charge in [0.05, 0.1) is 17.1 Å². The molecular weight excluding hydrogens is 277 g/mol. The van der Waals surface area contributed by atoms with E-state index in [0.29, 0.717) is 11.4 Å². The molecule has 0 N–H and O–H groups in total. The third-order valence-corrected chi connectivity index (χ3v) is 3.79. The van der Waals surface area contributed by atoms with Crippen LogP contribution in [-0.2, 0) is 11.2 Å². The minimum Gasteiger partial charge on any atom is -0.308 e. The van der Waals surface area contributed by atoms with E-state index in [0.717, 1.165) is 15.7 Å². The summed E-state index contributed by atoms with van der Waals surface area (Å²) in [6.45, 7) is 3.98. The van der Waals surface area contributed by atoms with Gasteiger partial charge in [-0.3, -0.25) is 4.79 Å². The number of halogens is 2. The van der Waals surface area contributed by atoms with Crippen molar-refractivity contribution in [2.45, 2.75) is 26.3 Å². The summed E-state index contributed by atoms with van der Waals surface area (Å²) in [5, 5.41) is 0.632. The maximum Gasteiger partial charge on any atom is 0.231 e. The van der Waals surface area contributed by atoms with E-state index in [-0.39, 0.29) is 11.9 Å². The topological polar surface area (TPSA) is 20.3 Å². The van der Waals surface area contributed by atoms with E-state index in [4.69, 9.17) is 11.6 Å². The summed E-state index contributed by atoms with van der Waals surface area (Å²) in [7, 11) is 0. The van der Waals surface area contributed by atoms with Crippen molar-refractivity contribution in [2.24, 2.45) is 0 Å². The van der Waals surface area contributed by atoms with Crippen LogP contribution in [0.1, 0.15) is 19.4 Å². The van der Waals surface area contributed by atoms with Gasteiger partial charge in [0.25, 0.3) is 0 Å². The molecule has 0 radical (unpaired) electrons. The van der Waals surface area contributed by atoms with E-state index >= 15 is 0 Å². The average Bonchev–Trinajstić information content (AvgIpc) is 2.49. The largest absolute Gasteiger partial charge is 0.308 e. The molecule has 0 bridgehead atoms. The molecule has 15 heavy (non-hydrogen) atoms. The maximum absolute atomic E-state index is 11.8. The molecule has 1 aliphatic heterocycles. The summed E-state index contributed by atoms with van der Waals surface area (Å²) in [6, 6.07) is 3.98. The fourth-order valence-corrected chi connectivity index (χ4v) is 2.50. The predicted molar refractivity (Wildman–Crippen MR) is 65.5 cm³/mol. The number of fused-ring (bicyclic) bond motifs is 1. The van der Waals surface area contributed by atoms with Gasteiger partial charge in [-0.1, -0.05) is 17.7 Å². The van der Waals surface area contributed by atoms with Gasteiger partial charge in [0.2, 0.25) is 5.91 Å². The molecule has 2 rings (SSSR count). The van der Waals surface area contributed by atoms with Crippen LogP contribution in [0.15, 0.2) is 16.6 Å². The molecule has 1 aliphatic rings. The van der Waals surface area contributed by atoms with Gasteiger partial charge in [-0.15, -0.1) is 0 Å². The molecule has 0 aromatic heterocycles. The Hall–Kier alpha value is -0.540. The molecule has 1 heterocycles. The van der Waals surface area contributed by atoms with Gasteiger partial charge in [-0.25, -0.2) is 0 Å². The Labute approximate surface area is 102 Å². The summed E-state index contributed by atoms with van der Waals surface area (Å²) in [5.41, 5.74) is 1.88. The van der Waals surface area contributed by atoms with Gasteiger partial charge in [-0.2, -0.15) is 0 Å². The monoisotopic (exact) mass is 287 g/mol. The lowest BCUT2D eigenvalue weighted by atomic mass is 10.1. The van der Waals surface area contributed by atoms with E-state index in [1.54, 1.807) is 4.90 Å². The first kappa shape index (κ1) is 11.0. The standard InChI is InChI=1S/C11H11BrClNO/c1-6(2)14-9(15)5-7-3-4-8(12)10(13)11(7)14/h3-4,6H,5H2,1-2H3.